The zero-order chi connectivity index (χ0) is 48.7. The van der Waals surface area contributed by atoms with Crippen molar-refractivity contribution >= 4 is 17.8 Å². The standard InChI is InChI=1S/C59H116N2O5/c1-9-15-20-27-34-44-55(14-6)59(64)61(50-39-49-60(7)8)56(45-35-28-23-25-30-37-47-57(62)65-51-53(40-18-12-4)42-32-21-16-10-2)46-36-29-24-26-31-38-48-58(63)66-52-54(41-19-13-5)43-33-22-17-11-3/h53-56H,9-52H2,1-8H3. The van der Waals surface area contributed by atoms with E-state index < -0.39 is 0 Å². The van der Waals surface area contributed by atoms with E-state index in [9.17, 15) is 14.4 Å². The Balaban J connectivity index is 5.16. The number of carbonyl (C=O) groups is 3. The van der Waals surface area contributed by atoms with Crippen LogP contribution in [0.3, 0.4) is 0 Å². The lowest BCUT2D eigenvalue weighted by Crippen LogP contribution is -2.45. The molecule has 0 aliphatic carbocycles. The number of ether oxygens (including phenoxy) is 2. The molecule has 0 aliphatic rings. The lowest BCUT2D eigenvalue weighted by molar-refractivity contribution is -0.146. The first-order chi connectivity index (χ1) is 32.2. The molecule has 0 radical (unpaired) electrons. The third-order valence-electron chi connectivity index (χ3n) is 14.4. The molecule has 0 aromatic heterocycles. The summed E-state index contributed by atoms with van der Waals surface area (Å²) in [6, 6.07) is 0.305. The van der Waals surface area contributed by atoms with Gasteiger partial charge in [0.25, 0.3) is 0 Å². The average molecular weight is 934 g/mol. The molecule has 3 atom stereocenters. The van der Waals surface area contributed by atoms with E-state index >= 15 is 0 Å². The molecule has 0 saturated heterocycles. The van der Waals surface area contributed by atoms with Crippen molar-refractivity contribution in [1.82, 2.24) is 9.80 Å². The fourth-order valence-corrected chi connectivity index (χ4v) is 9.82. The summed E-state index contributed by atoms with van der Waals surface area (Å²) in [6.07, 6.45) is 45.7. The number of hydrogen-bond donors (Lipinski definition) is 0. The van der Waals surface area contributed by atoms with Crippen molar-refractivity contribution in [2.75, 3.05) is 40.4 Å². The van der Waals surface area contributed by atoms with Gasteiger partial charge in [0.2, 0.25) is 5.91 Å². The van der Waals surface area contributed by atoms with Crippen LogP contribution in [0.5, 0.6) is 0 Å². The Hall–Kier alpha value is -1.63. The van der Waals surface area contributed by atoms with Gasteiger partial charge in [0, 0.05) is 31.3 Å². The van der Waals surface area contributed by atoms with Crippen LogP contribution in [0, 0.1) is 17.8 Å². The van der Waals surface area contributed by atoms with E-state index in [2.05, 4.69) is 65.4 Å². The molecule has 3 unspecified atom stereocenters. The summed E-state index contributed by atoms with van der Waals surface area (Å²) >= 11 is 0. The molecule has 392 valence electrons. The zero-order valence-electron chi connectivity index (χ0n) is 45.9. The average Bonchev–Trinajstić information content (AvgIpc) is 3.31. The summed E-state index contributed by atoms with van der Waals surface area (Å²) < 4.78 is 11.6. The number of nitrogens with zero attached hydrogens (tertiary/aromatic N) is 2. The number of esters is 2. The van der Waals surface area contributed by atoms with Crippen LogP contribution in [0.1, 0.15) is 298 Å². The molecular formula is C59H116N2O5. The Morgan fingerprint density at radius 2 is 0.727 bits per heavy atom. The Kier molecular flexibility index (Phi) is 47.2. The van der Waals surface area contributed by atoms with Crippen molar-refractivity contribution in [3.8, 4) is 0 Å². The predicted octanol–water partition coefficient (Wildman–Crippen LogP) is 17.4. The van der Waals surface area contributed by atoms with E-state index in [-0.39, 0.29) is 17.9 Å². The summed E-state index contributed by atoms with van der Waals surface area (Å²) in [4.78, 5) is 44.4. The lowest BCUT2D eigenvalue weighted by Gasteiger charge is -2.35. The van der Waals surface area contributed by atoms with E-state index in [1.807, 2.05) is 0 Å². The van der Waals surface area contributed by atoms with Crippen molar-refractivity contribution in [1.29, 1.82) is 0 Å². The minimum atomic E-state index is -0.00664. The number of hydrogen-bond acceptors (Lipinski definition) is 6. The third-order valence-corrected chi connectivity index (χ3v) is 14.4. The maximum Gasteiger partial charge on any atom is 0.305 e. The molecule has 0 fully saturated rings. The van der Waals surface area contributed by atoms with Gasteiger partial charge in [0.15, 0.2) is 0 Å². The summed E-state index contributed by atoms with van der Waals surface area (Å²) in [5.74, 6) is 1.58. The van der Waals surface area contributed by atoms with E-state index in [0.29, 0.717) is 49.8 Å². The van der Waals surface area contributed by atoms with Crippen LogP contribution in [0.25, 0.3) is 0 Å². The molecule has 0 aromatic rings. The van der Waals surface area contributed by atoms with Gasteiger partial charge in [0.05, 0.1) is 13.2 Å². The molecule has 0 saturated carbocycles. The lowest BCUT2D eigenvalue weighted by atomic mass is 9.93. The van der Waals surface area contributed by atoms with Gasteiger partial charge in [-0.05, 0) is 103 Å². The van der Waals surface area contributed by atoms with Gasteiger partial charge < -0.3 is 19.3 Å². The molecule has 66 heavy (non-hydrogen) atoms. The van der Waals surface area contributed by atoms with Crippen molar-refractivity contribution in [3.63, 3.8) is 0 Å². The molecule has 0 spiro atoms. The van der Waals surface area contributed by atoms with Gasteiger partial charge >= 0.3 is 11.9 Å². The zero-order valence-corrected chi connectivity index (χ0v) is 45.9. The largest absolute Gasteiger partial charge is 0.465 e. The Morgan fingerprint density at radius 3 is 1.14 bits per heavy atom. The second-order valence-corrected chi connectivity index (χ2v) is 21.1. The molecule has 0 aromatic carbocycles. The van der Waals surface area contributed by atoms with Crippen LogP contribution in [0.4, 0.5) is 0 Å². The Bertz CT molecular complexity index is 1010. The van der Waals surface area contributed by atoms with Crippen molar-refractivity contribution in [2.24, 2.45) is 17.8 Å². The van der Waals surface area contributed by atoms with Crippen LogP contribution in [0.15, 0.2) is 0 Å². The topological polar surface area (TPSA) is 76.2 Å². The SMILES string of the molecule is CCCCCCCC(CC)C(=O)N(CCCN(C)C)C(CCCCCCCCC(=O)OCC(CCCC)CCCCCC)CCCCCCCCC(=O)OCC(CCCC)CCCCCC. The Labute approximate surface area is 412 Å². The second-order valence-electron chi connectivity index (χ2n) is 21.1. The normalized spacial score (nSPS) is 13.5. The summed E-state index contributed by atoms with van der Waals surface area (Å²) in [5.41, 5.74) is 0. The molecule has 0 rings (SSSR count). The first kappa shape index (κ1) is 64.4. The molecule has 7 heteroatoms. The molecular weight excluding hydrogens is 817 g/mol. The molecule has 0 bridgehead atoms. The first-order valence-corrected chi connectivity index (χ1v) is 29.4. The van der Waals surface area contributed by atoms with Crippen LogP contribution in [-0.2, 0) is 23.9 Å². The quantitative estimate of drug-likeness (QED) is 0.0447. The van der Waals surface area contributed by atoms with Gasteiger partial charge in [-0.15, -0.1) is 0 Å². The highest BCUT2D eigenvalue weighted by Crippen LogP contribution is 2.26. The number of amides is 1. The van der Waals surface area contributed by atoms with Crippen molar-refractivity contribution in [2.45, 2.75) is 304 Å². The summed E-state index contributed by atoms with van der Waals surface area (Å²) in [6.45, 7) is 16.6. The van der Waals surface area contributed by atoms with Crippen LogP contribution in [0.2, 0.25) is 0 Å². The number of unbranched alkanes of at least 4 members (excludes halogenated alkanes) is 22. The van der Waals surface area contributed by atoms with Crippen LogP contribution in [-0.4, -0.2) is 74.1 Å². The maximum absolute atomic E-state index is 14.5. The van der Waals surface area contributed by atoms with E-state index in [1.165, 1.54) is 154 Å². The molecule has 0 aliphatic heterocycles. The highest BCUT2D eigenvalue weighted by atomic mass is 16.5. The smallest absolute Gasteiger partial charge is 0.305 e. The van der Waals surface area contributed by atoms with Crippen LogP contribution < -0.4 is 0 Å². The fourth-order valence-electron chi connectivity index (χ4n) is 9.82. The van der Waals surface area contributed by atoms with Crippen molar-refractivity contribution in [3.05, 3.63) is 0 Å². The Morgan fingerprint density at radius 1 is 0.379 bits per heavy atom. The van der Waals surface area contributed by atoms with E-state index in [4.69, 9.17) is 9.47 Å². The van der Waals surface area contributed by atoms with Gasteiger partial charge in [0.1, 0.15) is 0 Å². The fraction of sp³-hybridized carbons (Fsp3) is 0.949. The minimum absolute atomic E-state index is 0.00664. The van der Waals surface area contributed by atoms with Gasteiger partial charge in [-0.2, -0.15) is 0 Å². The highest BCUT2D eigenvalue weighted by Gasteiger charge is 2.28. The molecule has 0 N–H and O–H groups in total. The molecule has 1 amide bonds. The summed E-state index contributed by atoms with van der Waals surface area (Å²) in [7, 11) is 4.28. The monoisotopic (exact) mass is 933 g/mol. The molecule has 7 nitrogen and oxygen atoms in total. The number of carbonyl (C=O) groups excluding carboxylic acids is 3. The van der Waals surface area contributed by atoms with Gasteiger partial charge in [-0.25, -0.2) is 0 Å². The van der Waals surface area contributed by atoms with Crippen LogP contribution >= 0.6 is 0 Å². The molecule has 0 heterocycles. The van der Waals surface area contributed by atoms with E-state index in [0.717, 1.165) is 103 Å². The van der Waals surface area contributed by atoms with E-state index in [1.54, 1.807) is 0 Å². The first-order valence-electron chi connectivity index (χ1n) is 29.4. The minimum Gasteiger partial charge on any atom is -0.465 e. The maximum atomic E-state index is 14.5. The highest BCUT2D eigenvalue weighted by molar-refractivity contribution is 5.79. The predicted molar refractivity (Wildman–Crippen MR) is 285 cm³/mol. The second kappa shape index (κ2) is 48.4. The third kappa shape index (κ3) is 39.2. The number of rotatable bonds is 51. The van der Waals surface area contributed by atoms with Gasteiger partial charge in [-0.3, -0.25) is 14.4 Å². The van der Waals surface area contributed by atoms with Gasteiger partial charge in [-0.1, -0.05) is 215 Å². The summed E-state index contributed by atoms with van der Waals surface area (Å²) in [5, 5.41) is 0. The van der Waals surface area contributed by atoms with Crippen molar-refractivity contribution < 1.29 is 23.9 Å².